The number of benzene rings is 1. The Hall–Kier alpha value is -2.04. The summed E-state index contributed by atoms with van der Waals surface area (Å²) in [5, 5.41) is 2.91. The first-order valence-electron chi connectivity index (χ1n) is 8.77. The Labute approximate surface area is 145 Å². The average Bonchev–Trinajstić information content (AvgIpc) is 2.60. The molecule has 0 radical (unpaired) electrons. The summed E-state index contributed by atoms with van der Waals surface area (Å²) < 4.78 is 5.17. The molecule has 1 N–H and O–H groups in total. The van der Waals surface area contributed by atoms with Gasteiger partial charge in [0, 0.05) is 19.5 Å². The smallest absolute Gasteiger partial charge is 0.242 e. The molecule has 0 fully saturated rings. The molecule has 2 amide bonds. The minimum Gasteiger partial charge on any atom is -0.497 e. The number of methoxy groups -OCH3 is 1. The normalized spacial score (nSPS) is 11.7. The van der Waals surface area contributed by atoms with E-state index in [1.807, 2.05) is 45.0 Å². The second-order valence-corrected chi connectivity index (χ2v) is 5.83. The van der Waals surface area contributed by atoms with Crippen LogP contribution in [0.15, 0.2) is 24.3 Å². The second kappa shape index (κ2) is 10.7. The minimum atomic E-state index is -0.433. The van der Waals surface area contributed by atoms with Crippen LogP contribution in [0, 0.1) is 0 Å². The van der Waals surface area contributed by atoms with Crippen LogP contribution in [0.2, 0.25) is 0 Å². The first kappa shape index (κ1) is 20.0. The summed E-state index contributed by atoms with van der Waals surface area (Å²) >= 11 is 0. The Morgan fingerprint density at radius 2 is 1.79 bits per heavy atom. The van der Waals surface area contributed by atoms with Gasteiger partial charge in [0.1, 0.15) is 11.8 Å². The number of amides is 2. The highest BCUT2D eigenvalue weighted by atomic mass is 16.5. The van der Waals surface area contributed by atoms with Crippen molar-refractivity contribution in [2.45, 2.75) is 59.0 Å². The molecular weight excluding hydrogens is 304 g/mol. The summed E-state index contributed by atoms with van der Waals surface area (Å²) in [4.78, 5) is 26.7. The molecule has 0 heterocycles. The second-order valence-electron chi connectivity index (χ2n) is 5.83. The lowest BCUT2D eigenvalue weighted by molar-refractivity contribution is -0.141. The molecule has 24 heavy (non-hydrogen) atoms. The summed E-state index contributed by atoms with van der Waals surface area (Å²) in [5.41, 5.74) is 0.988. The predicted octanol–water partition coefficient (Wildman–Crippen LogP) is 3.13. The molecule has 0 saturated carbocycles. The van der Waals surface area contributed by atoms with E-state index in [0.717, 1.165) is 24.2 Å². The maximum Gasteiger partial charge on any atom is 0.242 e. The quantitative estimate of drug-likeness (QED) is 0.715. The molecule has 0 aliphatic rings. The van der Waals surface area contributed by atoms with E-state index >= 15 is 0 Å². The van der Waals surface area contributed by atoms with Crippen LogP contribution in [0.1, 0.15) is 52.0 Å². The Morgan fingerprint density at radius 1 is 1.12 bits per heavy atom. The van der Waals surface area contributed by atoms with Crippen molar-refractivity contribution in [3.63, 3.8) is 0 Å². The number of nitrogens with one attached hydrogen (secondary N) is 1. The lowest BCUT2D eigenvalue weighted by atomic mass is 10.1. The van der Waals surface area contributed by atoms with Crippen molar-refractivity contribution < 1.29 is 14.3 Å². The molecule has 1 aromatic carbocycles. The molecule has 0 saturated heterocycles. The molecule has 1 aromatic rings. The third kappa shape index (κ3) is 5.87. The maximum atomic E-state index is 12.6. The first-order chi connectivity index (χ1) is 11.6. The van der Waals surface area contributed by atoms with Crippen molar-refractivity contribution in [3.8, 4) is 5.75 Å². The lowest BCUT2D eigenvalue weighted by Crippen LogP contribution is -2.49. The number of nitrogens with zero attached hydrogens (tertiary/aromatic N) is 1. The third-order valence-corrected chi connectivity index (χ3v) is 3.91. The van der Waals surface area contributed by atoms with Crippen LogP contribution in [-0.2, 0) is 16.1 Å². The zero-order valence-electron chi connectivity index (χ0n) is 15.3. The average molecular weight is 334 g/mol. The molecule has 0 aliphatic heterocycles. The van der Waals surface area contributed by atoms with Crippen LogP contribution in [-0.4, -0.2) is 36.4 Å². The van der Waals surface area contributed by atoms with Crippen molar-refractivity contribution in [3.05, 3.63) is 29.8 Å². The zero-order valence-corrected chi connectivity index (χ0v) is 15.3. The van der Waals surface area contributed by atoms with E-state index < -0.39 is 6.04 Å². The van der Waals surface area contributed by atoms with E-state index in [4.69, 9.17) is 4.74 Å². The highest BCUT2D eigenvalue weighted by Crippen LogP contribution is 2.17. The SMILES string of the molecule is CCCNC(=O)C(CC)N(Cc1ccc(OC)cc1)C(=O)CCC. The number of carbonyl (C=O) groups is 2. The van der Waals surface area contributed by atoms with Crippen LogP contribution < -0.4 is 10.1 Å². The van der Waals surface area contributed by atoms with Crippen LogP contribution in [0.25, 0.3) is 0 Å². The number of hydrogen-bond donors (Lipinski definition) is 1. The molecular formula is C19H30N2O3. The van der Waals surface area contributed by atoms with Gasteiger partial charge in [0.2, 0.25) is 11.8 Å². The number of hydrogen-bond acceptors (Lipinski definition) is 3. The molecule has 0 aliphatic carbocycles. The van der Waals surface area contributed by atoms with E-state index in [0.29, 0.717) is 25.9 Å². The van der Waals surface area contributed by atoms with E-state index in [1.54, 1.807) is 12.0 Å². The Morgan fingerprint density at radius 3 is 2.29 bits per heavy atom. The Bertz CT molecular complexity index is 514. The molecule has 0 bridgehead atoms. The molecule has 0 aromatic heterocycles. The van der Waals surface area contributed by atoms with Crippen molar-refractivity contribution >= 4 is 11.8 Å². The van der Waals surface area contributed by atoms with Crippen molar-refractivity contribution in [1.29, 1.82) is 0 Å². The number of carbonyl (C=O) groups excluding carboxylic acids is 2. The Kier molecular flexibility index (Phi) is 8.90. The van der Waals surface area contributed by atoms with E-state index in [-0.39, 0.29) is 11.8 Å². The van der Waals surface area contributed by atoms with Crippen LogP contribution in [0.4, 0.5) is 0 Å². The van der Waals surface area contributed by atoms with E-state index in [9.17, 15) is 9.59 Å². The topological polar surface area (TPSA) is 58.6 Å². The highest BCUT2D eigenvalue weighted by molar-refractivity contribution is 5.87. The predicted molar refractivity (Wildman–Crippen MR) is 95.8 cm³/mol. The summed E-state index contributed by atoms with van der Waals surface area (Å²) in [6.45, 7) is 6.99. The van der Waals surface area contributed by atoms with Crippen LogP contribution >= 0.6 is 0 Å². The van der Waals surface area contributed by atoms with Gasteiger partial charge in [-0.25, -0.2) is 0 Å². The summed E-state index contributed by atoms with van der Waals surface area (Å²) in [5.74, 6) is 0.724. The molecule has 5 heteroatoms. The van der Waals surface area contributed by atoms with Gasteiger partial charge in [-0.05, 0) is 37.0 Å². The summed E-state index contributed by atoms with van der Waals surface area (Å²) in [7, 11) is 1.62. The van der Waals surface area contributed by atoms with Gasteiger partial charge in [-0.1, -0.05) is 32.9 Å². The van der Waals surface area contributed by atoms with Crippen LogP contribution in [0.3, 0.4) is 0 Å². The zero-order chi connectivity index (χ0) is 17.9. The molecule has 5 nitrogen and oxygen atoms in total. The molecule has 1 unspecified atom stereocenters. The van der Waals surface area contributed by atoms with Crippen molar-refractivity contribution in [2.75, 3.05) is 13.7 Å². The van der Waals surface area contributed by atoms with Crippen LogP contribution in [0.5, 0.6) is 5.75 Å². The van der Waals surface area contributed by atoms with Gasteiger partial charge in [0.15, 0.2) is 0 Å². The van der Waals surface area contributed by atoms with E-state index in [1.165, 1.54) is 0 Å². The van der Waals surface area contributed by atoms with Gasteiger partial charge >= 0.3 is 0 Å². The number of ether oxygens (including phenoxy) is 1. The maximum absolute atomic E-state index is 12.6. The van der Waals surface area contributed by atoms with Gasteiger partial charge in [-0.3, -0.25) is 9.59 Å². The molecule has 1 atom stereocenters. The number of rotatable bonds is 10. The molecule has 0 spiro atoms. The van der Waals surface area contributed by atoms with Gasteiger partial charge in [-0.2, -0.15) is 0 Å². The van der Waals surface area contributed by atoms with Gasteiger partial charge in [-0.15, -0.1) is 0 Å². The van der Waals surface area contributed by atoms with Gasteiger partial charge in [0.05, 0.1) is 7.11 Å². The summed E-state index contributed by atoms with van der Waals surface area (Å²) in [6.07, 6.45) is 2.70. The Balaban J connectivity index is 2.95. The standard InChI is InChI=1S/C19H30N2O3/c1-5-8-18(22)21(17(7-3)19(23)20-13-6-2)14-15-9-11-16(24-4)12-10-15/h9-12,17H,5-8,13-14H2,1-4H3,(H,20,23). The fourth-order valence-electron chi connectivity index (χ4n) is 2.57. The third-order valence-electron chi connectivity index (χ3n) is 3.91. The fourth-order valence-corrected chi connectivity index (χ4v) is 2.57. The van der Waals surface area contributed by atoms with E-state index in [2.05, 4.69) is 5.32 Å². The largest absolute Gasteiger partial charge is 0.497 e. The highest BCUT2D eigenvalue weighted by Gasteiger charge is 2.27. The molecule has 1 rings (SSSR count). The monoisotopic (exact) mass is 334 g/mol. The van der Waals surface area contributed by atoms with Crippen molar-refractivity contribution in [1.82, 2.24) is 10.2 Å². The summed E-state index contributed by atoms with van der Waals surface area (Å²) in [6, 6.07) is 7.17. The fraction of sp³-hybridized carbons (Fsp3) is 0.579. The van der Waals surface area contributed by atoms with Crippen molar-refractivity contribution in [2.24, 2.45) is 0 Å². The lowest BCUT2D eigenvalue weighted by Gasteiger charge is -2.30. The molecule has 134 valence electrons. The van der Waals surface area contributed by atoms with Gasteiger partial charge < -0.3 is 15.0 Å². The minimum absolute atomic E-state index is 0.0202. The first-order valence-corrected chi connectivity index (χ1v) is 8.77. The van der Waals surface area contributed by atoms with Gasteiger partial charge in [0.25, 0.3) is 0 Å².